The molecule has 8 heteroatoms. The number of halogens is 1. The zero-order valence-corrected chi connectivity index (χ0v) is 16.4. The van der Waals surface area contributed by atoms with E-state index < -0.39 is 0 Å². The molecule has 0 aliphatic rings. The summed E-state index contributed by atoms with van der Waals surface area (Å²) in [5.41, 5.74) is 2.13. The van der Waals surface area contributed by atoms with Crippen molar-refractivity contribution in [3.05, 3.63) is 75.5 Å². The predicted octanol–water partition coefficient (Wildman–Crippen LogP) is 4.12. The summed E-state index contributed by atoms with van der Waals surface area (Å²) in [5.74, 6) is -0.375. The van der Waals surface area contributed by atoms with E-state index >= 15 is 0 Å². The molecule has 1 N–H and O–H groups in total. The van der Waals surface area contributed by atoms with Crippen LogP contribution < -0.4 is 10.9 Å². The highest BCUT2D eigenvalue weighted by molar-refractivity contribution is 7.21. The van der Waals surface area contributed by atoms with Gasteiger partial charge < -0.3 is 5.32 Å². The molecule has 2 aromatic heterocycles. The van der Waals surface area contributed by atoms with Crippen molar-refractivity contribution in [2.45, 2.75) is 13.5 Å². The fraction of sp³-hybridized carbons (Fsp3) is 0.100. The lowest BCUT2D eigenvalue weighted by molar-refractivity contribution is -0.117. The van der Waals surface area contributed by atoms with Crippen molar-refractivity contribution in [3.8, 4) is 10.4 Å². The second-order valence-corrected chi connectivity index (χ2v) is 7.72. The molecule has 0 saturated heterocycles. The average Bonchev–Trinajstić information content (AvgIpc) is 3.13. The molecule has 0 unspecified atom stereocenters. The van der Waals surface area contributed by atoms with Gasteiger partial charge in [0.05, 0.1) is 5.39 Å². The summed E-state index contributed by atoms with van der Waals surface area (Å²) in [4.78, 5) is 26.6. The van der Waals surface area contributed by atoms with Gasteiger partial charge in [0.25, 0.3) is 5.56 Å². The Morgan fingerprint density at radius 3 is 2.75 bits per heavy atom. The lowest BCUT2D eigenvalue weighted by atomic mass is 10.2. The summed E-state index contributed by atoms with van der Waals surface area (Å²) >= 11 is 7.37. The van der Waals surface area contributed by atoms with E-state index in [0.29, 0.717) is 20.9 Å². The maximum Gasteiger partial charge on any atom is 0.279 e. The van der Waals surface area contributed by atoms with Crippen molar-refractivity contribution in [2.75, 3.05) is 5.32 Å². The molecule has 0 atom stereocenters. The van der Waals surface area contributed by atoms with Crippen LogP contribution in [0.4, 0.5) is 5.69 Å². The molecule has 6 nitrogen and oxygen atoms in total. The first-order valence-corrected chi connectivity index (χ1v) is 9.69. The normalized spacial score (nSPS) is 10.9. The molecule has 0 saturated carbocycles. The van der Waals surface area contributed by atoms with Crippen LogP contribution in [-0.4, -0.2) is 20.9 Å². The smallest absolute Gasteiger partial charge is 0.279 e. The van der Waals surface area contributed by atoms with Crippen molar-refractivity contribution in [3.63, 3.8) is 0 Å². The van der Waals surface area contributed by atoms with Crippen LogP contribution in [0.1, 0.15) is 5.56 Å². The predicted molar refractivity (Wildman–Crippen MR) is 112 cm³/mol. The Balaban J connectivity index is 1.60. The molecule has 0 aliphatic carbocycles. The van der Waals surface area contributed by atoms with E-state index in [4.69, 9.17) is 11.6 Å². The van der Waals surface area contributed by atoms with Crippen molar-refractivity contribution in [1.29, 1.82) is 0 Å². The van der Waals surface area contributed by atoms with Gasteiger partial charge in [-0.25, -0.2) is 4.68 Å². The van der Waals surface area contributed by atoms with E-state index in [1.54, 1.807) is 18.2 Å². The summed E-state index contributed by atoms with van der Waals surface area (Å²) in [6.07, 6.45) is 0. The summed E-state index contributed by atoms with van der Waals surface area (Å²) in [6.45, 7) is 1.63. The maximum atomic E-state index is 12.7. The highest BCUT2D eigenvalue weighted by atomic mass is 35.5. The van der Waals surface area contributed by atoms with Crippen LogP contribution in [0.3, 0.4) is 0 Å². The second kappa shape index (κ2) is 7.53. The molecular formula is C20H15ClN4O2S. The Labute approximate surface area is 169 Å². The number of thiophene rings is 1. The Bertz CT molecular complexity index is 1230. The number of carbonyl (C=O) groups is 1. The Kier molecular flexibility index (Phi) is 4.93. The van der Waals surface area contributed by atoms with Crippen LogP contribution in [0.15, 0.2) is 59.4 Å². The van der Waals surface area contributed by atoms with Crippen LogP contribution in [0, 0.1) is 6.92 Å². The van der Waals surface area contributed by atoms with Crippen molar-refractivity contribution in [1.82, 2.24) is 15.0 Å². The second-order valence-electron chi connectivity index (χ2n) is 6.26. The molecule has 0 bridgehead atoms. The third-order valence-electron chi connectivity index (χ3n) is 4.25. The number of benzene rings is 2. The number of fused-ring (bicyclic) bond motifs is 1. The number of nitrogens with one attached hydrogen (secondary N) is 1. The number of amides is 1. The van der Waals surface area contributed by atoms with Gasteiger partial charge in [-0.15, -0.1) is 16.4 Å². The molecule has 140 valence electrons. The van der Waals surface area contributed by atoms with Gasteiger partial charge in [-0.05, 0) is 36.2 Å². The topological polar surface area (TPSA) is 76.9 Å². The summed E-state index contributed by atoms with van der Waals surface area (Å²) in [5, 5.41) is 11.7. The Hall–Kier alpha value is -3.03. The van der Waals surface area contributed by atoms with Crippen LogP contribution in [0.5, 0.6) is 0 Å². The van der Waals surface area contributed by atoms with Crippen LogP contribution in [0.25, 0.3) is 20.7 Å². The van der Waals surface area contributed by atoms with Gasteiger partial charge in [-0.3, -0.25) is 9.59 Å². The molecule has 0 aliphatic heterocycles. The summed E-state index contributed by atoms with van der Waals surface area (Å²) in [7, 11) is 0. The lowest BCUT2D eigenvalue weighted by Gasteiger charge is -2.09. The third-order valence-corrected chi connectivity index (χ3v) is 5.55. The number of aromatic nitrogens is 3. The van der Waals surface area contributed by atoms with E-state index in [1.807, 2.05) is 43.3 Å². The van der Waals surface area contributed by atoms with Crippen molar-refractivity contribution in [2.24, 2.45) is 0 Å². The maximum absolute atomic E-state index is 12.7. The fourth-order valence-electron chi connectivity index (χ4n) is 2.79. The standard InChI is InChI=1S/C20H15ClN4O2S/c1-12-7-8-14(21)9-16(12)22-18(26)11-25-20(27)15-10-17(28-19(15)23-24-25)13-5-3-2-4-6-13/h2-10H,11H2,1H3,(H,22,26). The first-order chi connectivity index (χ1) is 13.5. The number of aryl methyl sites for hydroxylation is 1. The van der Waals surface area contributed by atoms with E-state index in [1.165, 1.54) is 11.3 Å². The van der Waals surface area contributed by atoms with Gasteiger partial charge in [-0.1, -0.05) is 53.2 Å². The highest BCUT2D eigenvalue weighted by Gasteiger charge is 2.14. The number of hydrogen-bond donors (Lipinski definition) is 1. The van der Waals surface area contributed by atoms with Gasteiger partial charge in [-0.2, -0.15) is 0 Å². The molecule has 1 amide bonds. The van der Waals surface area contributed by atoms with E-state index in [2.05, 4.69) is 15.6 Å². The largest absolute Gasteiger partial charge is 0.324 e. The SMILES string of the molecule is Cc1ccc(Cl)cc1NC(=O)Cn1nnc2sc(-c3ccccc3)cc2c1=O. The van der Waals surface area contributed by atoms with Crippen molar-refractivity contribution >= 4 is 44.7 Å². The Morgan fingerprint density at radius 2 is 1.96 bits per heavy atom. The number of hydrogen-bond acceptors (Lipinski definition) is 5. The van der Waals surface area contributed by atoms with Crippen LogP contribution in [-0.2, 0) is 11.3 Å². The first-order valence-electron chi connectivity index (χ1n) is 8.50. The summed E-state index contributed by atoms with van der Waals surface area (Å²) < 4.78 is 1.07. The molecule has 2 heterocycles. The zero-order valence-electron chi connectivity index (χ0n) is 14.8. The number of rotatable bonds is 4. The van der Waals surface area contributed by atoms with Gasteiger partial charge in [0, 0.05) is 15.6 Å². The molecule has 4 rings (SSSR count). The average molecular weight is 411 g/mol. The molecule has 0 radical (unpaired) electrons. The first kappa shape index (κ1) is 18.3. The van der Waals surface area contributed by atoms with E-state index in [-0.39, 0.29) is 18.0 Å². The molecule has 0 spiro atoms. The number of carbonyl (C=O) groups excluding carboxylic acids is 1. The van der Waals surface area contributed by atoms with Crippen LogP contribution >= 0.6 is 22.9 Å². The highest BCUT2D eigenvalue weighted by Crippen LogP contribution is 2.30. The van der Waals surface area contributed by atoms with Gasteiger partial charge in [0.2, 0.25) is 5.91 Å². The molecular weight excluding hydrogens is 396 g/mol. The molecule has 4 aromatic rings. The Morgan fingerprint density at radius 1 is 1.18 bits per heavy atom. The van der Waals surface area contributed by atoms with Gasteiger partial charge >= 0.3 is 0 Å². The van der Waals surface area contributed by atoms with Crippen molar-refractivity contribution < 1.29 is 4.79 Å². The third kappa shape index (κ3) is 3.67. The number of nitrogens with zero attached hydrogens (tertiary/aromatic N) is 3. The minimum Gasteiger partial charge on any atom is -0.324 e. The minimum absolute atomic E-state index is 0.232. The van der Waals surface area contributed by atoms with E-state index in [0.717, 1.165) is 20.7 Å². The van der Waals surface area contributed by atoms with E-state index in [9.17, 15) is 9.59 Å². The minimum atomic E-state index is -0.375. The summed E-state index contributed by atoms with van der Waals surface area (Å²) in [6, 6.07) is 16.8. The fourth-order valence-corrected chi connectivity index (χ4v) is 3.93. The molecule has 0 fully saturated rings. The van der Waals surface area contributed by atoms with Crippen LogP contribution in [0.2, 0.25) is 5.02 Å². The molecule has 2 aromatic carbocycles. The lowest BCUT2D eigenvalue weighted by Crippen LogP contribution is -2.30. The number of anilines is 1. The van der Waals surface area contributed by atoms with Gasteiger partial charge in [0.1, 0.15) is 6.54 Å². The quantitative estimate of drug-likeness (QED) is 0.549. The zero-order chi connectivity index (χ0) is 19.7. The van der Waals surface area contributed by atoms with Gasteiger partial charge in [0.15, 0.2) is 4.83 Å². The molecule has 28 heavy (non-hydrogen) atoms. The monoisotopic (exact) mass is 410 g/mol.